The van der Waals surface area contributed by atoms with E-state index in [4.69, 9.17) is 17.3 Å². The van der Waals surface area contributed by atoms with Crippen LogP contribution < -0.4 is 5.73 Å². The second kappa shape index (κ2) is 3.64. The van der Waals surface area contributed by atoms with Crippen LogP contribution in [0.3, 0.4) is 0 Å². The Balaban J connectivity index is 2.53. The van der Waals surface area contributed by atoms with E-state index in [1.165, 1.54) is 0 Å². The van der Waals surface area contributed by atoms with Gasteiger partial charge >= 0.3 is 0 Å². The highest BCUT2D eigenvalue weighted by atomic mass is 35.5. The highest BCUT2D eigenvalue weighted by Gasteiger charge is 2.03. The average molecular weight is 206 g/mol. The quantitative estimate of drug-likeness (QED) is 0.728. The predicted octanol–water partition coefficient (Wildman–Crippen LogP) is 2.38. The van der Waals surface area contributed by atoms with Crippen LogP contribution in [-0.4, -0.2) is 9.97 Å². The summed E-state index contributed by atoms with van der Waals surface area (Å²) in [5, 5.41) is 0.621. The minimum Gasteiger partial charge on any atom is -0.398 e. The first-order valence-corrected chi connectivity index (χ1v) is 4.46. The molecule has 14 heavy (non-hydrogen) atoms. The van der Waals surface area contributed by atoms with Crippen molar-refractivity contribution < 1.29 is 0 Å². The monoisotopic (exact) mass is 205 g/mol. The van der Waals surface area contributed by atoms with Crippen molar-refractivity contribution in [2.75, 3.05) is 5.73 Å². The van der Waals surface area contributed by atoms with Crippen LogP contribution in [0.4, 0.5) is 5.69 Å². The molecule has 0 saturated heterocycles. The Labute approximate surface area is 86.6 Å². The Morgan fingerprint density at radius 1 is 1.21 bits per heavy atom. The van der Waals surface area contributed by atoms with Gasteiger partial charge in [0.05, 0.1) is 11.9 Å². The number of hydrogen-bond acceptors (Lipinski definition) is 3. The van der Waals surface area contributed by atoms with Crippen molar-refractivity contribution in [1.82, 2.24) is 9.97 Å². The molecule has 0 aliphatic heterocycles. The van der Waals surface area contributed by atoms with E-state index < -0.39 is 0 Å². The second-order valence-corrected chi connectivity index (χ2v) is 3.26. The number of nitrogens with zero attached hydrogens (tertiary/aromatic N) is 2. The number of benzene rings is 1. The molecule has 0 atom stereocenters. The number of nitrogen functional groups attached to an aromatic ring is 1. The number of anilines is 1. The molecule has 1 heterocycles. The van der Waals surface area contributed by atoms with Crippen molar-refractivity contribution in [3.63, 3.8) is 0 Å². The highest BCUT2D eigenvalue weighted by Crippen LogP contribution is 2.25. The van der Waals surface area contributed by atoms with Crippen molar-refractivity contribution in [3.8, 4) is 11.3 Å². The standard InChI is InChI=1S/C10H8ClN3/c11-7-1-2-8(9(12)5-7)10-6-13-3-4-14-10/h1-6H,12H2. The second-order valence-electron chi connectivity index (χ2n) is 2.82. The molecule has 2 aromatic rings. The fourth-order valence-corrected chi connectivity index (χ4v) is 1.39. The van der Waals surface area contributed by atoms with Gasteiger partial charge in [0.2, 0.25) is 0 Å². The summed E-state index contributed by atoms with van der Waals surface area (Å²) in [5.41, 5.74) is 8.01. The predicted molar refractivity (Wildman–Crippen MR) is 56.9 cm³/mol. The third-order valence-corrected chi connectivity index (χ3v) is 2.09. The Morgan fingerprint density at radius 3 is 2.71 bits per heavy atom. The first-order valence-electron chi connectivity index (χ1n) is 4.09. The molecule has 0 saturated carbocycles. The van der Waals surface area contributed by atoms with Crippen molar-refractivity contribution in [1.29, 1.82) is 0 Å². The summed E-state index contributed by atoms with van der Waals surface area (Å²) in [6.07, 6.45) is 4.92. The number of halogens is 1. The summed E-state index contributed by atoms with van der Waals surface area (Å²) in [7, 11) is 0. The topological polar surface area (TPSA) is 51.8 Å². The van der Waals surface area contributed by atoms with Crippen molar-refractivity contribution in [3.05, 3.63) is 41.8 Å². The minimum absolute atomic E-state index is 0.609. The molecule has 0 spiro atoms. The van der Waals surface area contributed by atoms with Crippen LogP contribution in [0.1, 0.15) is 0 Å². The molecular formula is C10H8ClN3. The Hall–Kier alpha value is -1.61. The van der Waals surface area contributed by atoms with Crippen LogP contribution in [-0.2, 0) is 0 Å². The van der Waals surface area contributed by atoms with Gasteiger partial charge in [-0.05, 0) is 18.2 Å². The van der Waals surface area contributed by atoms with Crippen LogP contribution in [0.5, 0.6) is 0 Å². The fourth-order valence-electron chi connectivity index (χ4n) is 1.21. The number of hydrogen-bond donors (Lipinski definition) is 1. The van der Waals surface area contributed by atoms with Crippen LogP contribution in [0.25, 0.3) is 11.3 Å². The highest BCUT2D eigenvalue weighted by molar-refractivity contribution is 6.31. The lowest BCUT2D eigenvalue weighted by atomic mass is 10.1. The molecule has 0 fully saturated rings. The largest absolute Gasteiger partial charge is 0.398 e. The van der Waals surface area contributed by atoms with Gasteiger partial charge in [-0.15, -0.1) is 0 Å². The summed E-state index contributed by atoms with van der Waals surface area (Å²) in [5.74, 6) is 0. The lowest BCUT2D eigenvalue weighted by Gasteiger charge is -2.03. The molecule has 3 nitrogen and oxygen atoms in total. The smallest absolute Gasteiger partial charge is 0.0905 e. The molecule has 0 unspecified atom stereocenters. The lowest BCUT2D eigenvalue weighted by molar-refractivity contribution is 1.21. The number of aromatic nitrogens is 2. The van der Waals surface area contributed by atoms with E-state index in [-0.39, 0.29) is 0 Å². The third kappa shape index (κ3) is 1.67. The summed E-state index contributed by atoms with van der Waals surface area (Å²) in [6, 6.07) is 5.31. The Bertz CT molecular complexity index is 442. The molecule has 0 aliphatic carbocycles. The molecule has 2 N–H and O–H groups in total. The molecule has 0 aliphatic rings. The maximum absolute atomic E-state index is 5.80. The zero-order valence-corrected chi connectivity index (χ0v) is 8.07. The van der Waals surface area contributed by atoms with Crippen molar-refractivity contribution >= 4 is 17.3 Å². The summed E-state index contributed by atoms with van der Waals surface area (Å²) in [6.45, 7) is 0. The number of rotatable bonds is 1. The Kier molecular flexibility index (Phi) is 2.33. The van der Waals surface area contributed by atoms with Gasteiger partial charge in [-0.1, -0.05) is 11.6 Å². The Morgan fingerprint density at radius 2 is 2.07 bits per heavy atom. The van der Waals surface area contributed by atoms with Crippen LogP contribution in [0.15, 0.2) is 36.8 Å². The maximum atomic E-state index is 5.80. The lowest BCUT2D eigenvalue weighted by Crippen LogP contribution is -1.91. The van der Waals surface area contributed by atoms with Crippen LogP contribution in [0.2, 0.25) is 5.02 Å². The summed E-state index contributed by atoms with van der Waals surface area (Å²) < 4.78 is 0. The van der Waals surface area contributed by atoms with Crippen LogP contribution >= 0.6 is 11.6 Å². The van der Waals surface area contributed by atoms with Crippen LogP contribution in [0, 0.1) is 0 Å². The molecule has 2 rings (SSSR count). The fraction of sp³-hybridized carbons (Fsp3) is 0. The zero-order chi connectivity index (χ0) is 9.97. The average Bonchev–Trinajstić information content (AvgIpc) is 2.19. The SMILES string of the molecule is Nc1cc(Cl)ccc1-c1cnccn1. The van der Waals surface area contributed by atoms with E-state index in [1.807, 2.05) is 6.07 Å². The van der Waals surface area contributed by atoms with Gasteiger partial charge in [-0.25, -0.2) is 0 Å². The van der Waals surface area contributed by atoms with Gasteiger partial charge in [0, 0.05) is 28.7 Å². The molecule has 0 radical (unpaired) electrons. The number of nitrogens with two attached hydrogens (primary N) is 1. The van der Waals surface area contributed by atoms with E-state index in [0.29, 0.717) is 10.7 Å². The summed E-state index contributed by atoms with van der Waals surface area (Å²) >= 11 is 5.79. The molecule has 0 bridgehead atoms. The summed E-state index contributed by atoms with van der Waals surface area (Å²) in [4.78, 5) is 8.13. The molecule has 1 aromatic carbocycles. The molecular weight excluding hydrogens is 198 g/mol. The maximum Gasteiger partial charge on any atom is 0.0905 e. The zero-order valence-electron chi connectivity index (χ0n) is 7.31. The van der Waals surface area contributed by atoms with Crippen molar-refractivity contribution in [2.45, 2.75) is 0 Å². The molecule has 4 heteroatoms. The molecule has 70 valence electrons. The van der Waals surface area contributed by atoms with E-state index in [0.717, 1.165) is 11.3 Å². The van der Waals surface area contributed by atoms with Crippen molar-refractivity contribution in [2.24, 2.45) is 0 Å². The normalized spacial score (nSPS) is 10.1. The van der Waals surface area contributed by atoms with E-state index in [9.17, 15) is 0 Å². The van der Waals surface area contributed by atoms with Gasteiger partial charge < -0.3 is 5.73 Å². The van der Waals surface area contributed by atoms with Gasteiger partial charge in [0.25, 0.3) is 0 Å². The third-order valence-electron chi connectivity index (χ3n) is 1.85. The van der Waals surface area contributed by atoms with Gasteiger partial charge in [-0.3, -0.25) is 9.97 Å². The van der Waals surface area contributed by atoms with Gasteiger partial charge in [0.1, 0.15) is 0 Å². The van der Waals surface area contributed by atoms with Gasteiger partial charge in [-0.2, -0.15) is 0 Å². The molecule has 1 aromatic heterocycles. The van der Waals surface area contributed by atoms with E-state index in [1.54, 1.807) is 30.7 Å². The first kappa shape index (κ1) is 8.97. The minimum atomic E-state index is 0.609. The van der Waals surface area contributed by atoms with Gasteiger partial charge in [0.15, 0.2) is 0 Å². The van der Waals surface area contributed by atoms with E-state index >= 15 is 0 Å². The van der Waals surface area contributed by atoms with E-state index in [2.05, 4.69) is 9.97 Å². The first-order chi connectivity index (χ1) is 6.77. The molecule has 0 amide bonds.